The monoisotopic (exact) mass is 249 g/mol. The van der Waals surface area contributed by atoms with Crippen LogP contribution < -0.4 is 0 Å². The van der Waals surface area contributed by atoms with Gasteiger partial charge in [0, 0.05) is 10.8 Å². The van der Waals surface area contributed by atoms with Crippen LogP contribution in [0.4, 0.5) is 0 Å². The van der Waals surface area contributed by atoms with Crippen LogP contribution in [0.5, 0.6) is 0 Å². The zero-order valence-electron chi connectivity index (χ0n) is 9.68. The molecule has 0 unspecified atom stereocenters. The van der Waals surface area contributed by atoms with Crippen LogP contribution in [0.2, 0.25) is 0 Å². The summed E-state index contributed by atoms with van der Waals surface area (Å²) in [6.07, 6.45) is 0. The smallest absolute Gasteiger partial charge is 0.0566 e. The number of aromatic nitrogens is 1. The number of aromatic amines is 1. The highest BCUT2D eigenvalue weighted by atomic mass is 32.1. The third-order valence-corrected chi connectivity index (χ3v) is 4.21. The molecule has 2 aromatic heterocycles. The SMILES string of the molecule is c1csc(-c2cc3ccc4ccccc4c3[nH]2)c1. The van der Waals surface area contributed by atoms with E-state index in [4.69, 9.17) is 0 Å². The van der Waals surface area contributed by atoms with E-state index in [-0.39, 0.29) is 0 Å². The first-order chi connectivity index (χ1) is 8.92. The molecule has 0 aliphatic heterocycles. The molecule has 0 saturated carbocycles. The first kappa shape index (κ1) is 9.92. The number of hydrogen-bond acceptors (Lipinski definition) is 1. The van der Waals surface area contributed by atoms with Crippen LogP contribution >= 0.6 is 11.3 Å². The number of thiophene rings is 1. The van der Waals surface area contributed by atoms with Gasteiger partial charge in [-0.25, -0.2) is 0 Å². The van der Waals surface area contributed by atoms with Crippen LogP contribution in [0.15, 0.2) is 60.0 Å². The maximum absolute atomic E-state index is 3.55. The lowest BCUT2D eigenvalue weighted by Gasteiger charge is -1.98. The standard InChI is InChI=1S/C16H11NS/c1-2-5-13-11(4-1)7-8-12-10-14(17-16(12)13)15-6-3-9-18-15/h1-10,17H. The van der Waals surface area contributed by atoms with Gasteiger partial charge in [-0.1, -0.05) is 42.5 Å². The molecule has 2 aromatic carbocycles. The summed E-state index contributed by atoms with van der Waals surface area (Å²) < 4.78 is 0. The van der Waals surface area contributed by atoms with E-state index in [9.17, 15) is 0 Å². The average molecular weight is 249 g/mol. The molecule has 0 bridgehead atoms. The summed E-state index contributed by atoms with van der Waals surface area (Å²) in [5.74, 6) is 0. The van der Waals surface area contributed by atoms with Gasteiger partial charge in [-0.05, 0) is 22.9 Å². The highest BCUT2D eigenvalue weighted by Gasteiger charge is 2.06. The van der Waals surface area contributed by atoms with Crippen molar-refractivity contribution in [2.75, 3.05) is 0 Å². The number of hydrogen-bond donors (Lipinski definition) is 1. The molecule has 18 heavy (non-hydrogen) atoms. The van der Waals surface area contributed by atoms with Crippen molar-refractivity contribution in [1.82, 2.24) is 4.98 Å². The predicted molar refractivity (Wildman–Crippen MR) is 79.1 cm³/mol. The first-order valence-corrected chi connectivity index (χ1v) is 6.84. The molecule has 0 saturated heterocycles. The van der Waals surface area contributed by atoms with Crippen LogP contribution in [0.1, 0.15) is 0 Å². The molecule has 1 nitrogen and oxygen atoms in total. The third-order valence-electron chi connectivity index (χ3n) is 3.31. The summed E-state index contributed by atoms with van der Waals surface area (Å²) >= 11 is 1.77. The second-order valence-corrected chi connectivity index (χ2v) is 5.36. The Morgan fingerprint density at radius 3 is 2.61 bits per heavy atom. The van der Waals surface area contributed by atoms with Crippen LogP contribution in [-0.4, -0.2) is 4.98 Å². The molecule has 0 atom stereocenters. The van der Waals surface area contributed by atoms with Crippen molar-refractivity contribution < 1.29 is 0 Å². The minimum absolute atomic E-state index is 1.20. The van der Waals surface area contributed by atoms with Gasteiger partial charge in [0.1, 0.15) is 0 Å². The summed E-state index contributed by atoms with van der Waals surface area (Å²) in [6.45, 7) is 0. The van der Waals surface area contributed by atoms with Crippen molar-refractivity contribution in [3.63, 3.8) is 0 Å². The van der Waals surface area contributed by atoms with Crippen LogP contribution in [-0.2, 0) is 0 Å². The normalized spacial score (nSPS) is 11.3. The van der Waals surface area contributed by atoms with Crippen LogP contribution in [0.3, 0.4) is 0 Å². The van der Waals surface area contributed by atoms with Gasteiger partial charge in [-0.2, -0.15) is 0 Å². The largest absolute Gasteiger partial charge is 0.353 e. The highest BCUT2D eigenvalue weighted by Crippen LogP contribution is 2.31. The average Bonchev–Trinajstić information content (AvgIpc) is 3.07. The summed E-state index contributed by atoms with van der Waals surface area (Å²) in [4.78, 5) is 4.84. The van der Waals surface area contributed by atoms with Crippen molar-refractivity contribution in [3.05, 3.63) is 60.0 Å². The molecule has 1 N–H and O–H groups in total. The lowest BCUT2D eigenvalue weighted by molar-refractivity contribution is 1.49. The van der Waals surface area contributed by atoms with Crippen molar-refractivity contribution in [3.8, 4) is 10.6 Å². The molecule has 4 aromatic rings. The van der Waals surface area contributed by atoms with E-state index >= 15 is 0 Å². The van der Waals surface area contributed by atoms with Gasteiger partial charge < -0.3 is 4.98 Å². The Hall–Kier alpha value is -2.06. The van der Waals surface area contributed by atoms with Gasteiger partial charge in [0.15, 0.2) is 0 Å². The summed E-state index contributed by atoms with van der Waals surface area (Å²) in [6, 6.07) is 19.3. The lowest BCUT2D eigenvalue weighted by Crippen LogP contribution is -1.74. The van der Waals surface area contributed by atoms with E-state index in [2.05, 4.69) is 65.0 Å². The molecule has 86 valence electrons. The van der Waals surface area contributed by atoms with Crippen molar-refractivity contribution in [2.45, 2.75) is 0 Å². The third kappa shape index (κ3) is 1.39. The Morgan fingerprint density at radius 2 is 1.72 bits per heavy atom. The molecule has 2 heteroatoms. The minimum Gasteiger partial charge on any atom is -0.353 e. The first-order valence-electron chi connectivity index (χ1n) is 5.96. The molecule has 0 aliphatic rings. The van der Waals surface area contributed by atoms with Crippen LogP contribution in [0.25, 0.3) is 32.2 Å². The topological polar surface area (TPSA) is 15.8 Å². The highest BCUT2D eigenvalue weighted by molar-refractivity contribution is 7.13. The molecule has 0 aliphatic carbocycles. The zero-order chi connectivity index (χ0) is 11.9. The number of nitrogens with one attached hydrogen (secondary N) is 1. The predicted octanol–water partition coefficient (Wildman–Crippen LogP) is 5.05. The van der Waals surface area contributed by atoms with E-state index in [1.807, 2.05) is 0 Å². The van der Waals surface area contributed by atoms with Gasteiger partial charge in [0.25, 0.3) is 0 Å². The van der Waals surface area contributed by atoms with Gasteiger partial charge in [-0.15, -0.1) is 11.3 Å². The second-order valence-electron chi connectivity index (χ2n) is 4.41. The summed E-state index contributed by atoms with van der Waals surface area (Å²) in [5.41, 5.74) is 2.44. The molecular formula is C16H11NS. The minimum atomic E-state index is 1.20. The van der Waals surface area contributed by atoms with Gasteiger partial charge in [-0.3, -0.25) is 0 Å². The molecule has 4 rings (SSSR count). The molecule has 0 amide bonds. The Kier molecular flexibility index (Phi) is 2.05. The summed E-state index contributed by atoms with van der Waals surface area (Å²) in [7, 11) is 0. The molecule has 0 fully saturated rings. The van der Waals surface area contributed by atoms with Gasteiger partial charge >= 0.3 is 0 Å². The van der Waals surface area contributed by atoms with Crippen molar-refractivity contribution in [1.29, 1.82) is 0 Å². The molecular weight excluding hydrogens is 238 g/mol. The van der Waals surface area contributed by atoms with E-state index < -0.39 is 0 Å². The fourth-order valence-corrected chi connectivity index (χ4v) is 3.14. The zero-order valence-corrected chi connectivity index (χ0v) is 10.5. The maximum Gasteiger partial charge on any atom is 0.0566 e. The van der Waals surface area contributed by atoms with E-state index in [0.717, 1.165) is 0 Å². The Bertz CT molecular complexity index is 825. The van der Waals surface area contributed by atoms with Crippen LogP contribution in [0, 0.1) is 0 Å². The summed E-state index contributed by atoms with van der Waals surface area (Å²) in [5, 5.41) is 5.96. The van der Waals surface area contributed by atoms with E-state index in [0.29, 0.717) is 0 Å². The number of H-pyrrole nitrogens is 1. The number of rotatable bonds is 1. The molecule has 0 radical (unpaired) electrons. The molecule has 2 heterocycles. The van der Waals surface area contributed by atoms with Gasteiger partial charge in [0.05, 0.1) is 16.1 Å². The maximum atomic E-state index is 3.55. The Morgan fingerprint density at radius 1 is 0.833 bits per heavy atom. The Balaban J connectivity index is 2.08. The Labute approximate surface area is 109 Å². The fourth-order valence-electron chi connectivity index (χ4n) is 2.44. The van der Waals surface area contributed by atoms with Crippen molar-refractivity contribution >= 4 is 33.0 Å². The van der Waals surface area contributed by atoms with E-state index in [1.54, 1.807) is 11.3 Å². The number of benzene rings is 2. The fraction of sp³-hybridized carbons (Fsp3) is 0. The van der Waals surface area contributed by atoms with Gasteiger partial charge in [0.2, 0.25) is 0 Å². The lowest BCUT2D eigenvalue weighted by atomic mass is 10.1. The van der Waals surface area contributed by atoms with Crippen molar-refractivity contribution in [2.24, 2.45) is 0 Å². The number of fused-ring (bicyclic) bond motifs is 3. The quantitative estimate of drug-likeness (QED) is 0.486. The van der Waals surface area contributed by atoms with E-state index in [1.165, 1.54) is 32.2 Å². The molecule has 0 spiro atoms. The second kappa shape index (κ2) is 3.72.